The minimum Gasteiger partial charge on any atom is -0.338 e. The second kappa shape index (κ2) is 10.3. The number of fused-ring (bicyclic) bond motifs is 1. The number of carbonyl (C=O) groups excluding carboxylic acids is 1. The molecule has 0 spiro atoms. The molecule has 5 rings (SSSR count). The molecule has 0 atom stereocenters. The van der Waals surface area contributed by atoms with Gasteiger partial charge in [-0.15, -0.1) is 0 Å². The Hall–Kier alpha value is -4.10. The minimum atomic E-state index is 0.203. The average Bonchev–Trinajstić information content (AvgIpc) is 3.31. The first-order valence-corrected chi connectivity index (χ1v) is 12.6. The van der Waals surface area contributed by atoms with Gasteiger partial charge in [0.1, 0.15) is 0 Å². The van der Waals surface area contributed by atoms with Gasteiger partial charge in [0.15, 0.2) is 0 Å². The van der Waals surface area contributed by atoms with Crippen LogP contribution in [0, 0.1) is 25.2 Å². The van der Waals surface area contributed by atoms with Crippen LogP contribution in [0.3, 0.4) is 0 Å². The number of aryl methyl sites for hydroxylation is 3. The number of carbonyl (C=O) groups is 1. The number of nitriles is 1. The van der Waals surface area contributed by atoms with Crippen molar-refractivity contribution < 1.29 is 4.79 Å². The zero-order valence-corrected chi connectivity index (χ0v) is 21.0. The predicted octanol–water partition coefficient (Wildman–Crippen LogP) is 6.34. The smallest absolute Gasteiger partial charge is 0.223 e. The normalized spacial score (nSPS) is 12.8. The summed E-state index contributed by atoms with van der Waals surface area (Å²) < 4.78 is 2.27. The van der Waals surface area contributed by atoms with E-state index in [1.807, 2.05) is 17.0 Å². The van der Waals surface area contributed by atoms with Crippen LogP contribution >= 0.6 is 0 Å². The highest BCUT2D eigenvalue weighted by molar-refractivity contribution is 5.77. The van der Waals surface area contributed by atoms with E-state index in [0.29, 0.717) is 25.8 Å². The van der Waals surface area contributed by atoms with Crippen molar-refractivity contribution in [1.29, 1.82) is 5.26 Å². The summed E-state index contributed by atoms with van der Waals surface area (Å²) in [6.45, 7) is 5.74. The first-order chi connectivity index (χ1) is 17.5. The Balaban J connectivity index is 1.42. The van der Waals surface area contributed by atoms with Crippen molar-refractivity contribution in [2.45, 2.75) is 46.1 Å². The van der Waals surface area contributed by atoms with Crippen LogP contribution in [0.2, 0.25) is 0 Å². The minimum absolute atomic E-state index is 0.203. The lowest BCUT2D eigenvalue weighted by molar-refractivity contribution is -0.132. The highest BCUT2D eigenvalue weighted by atomic mass is 16.2. The molecule has 2 heterocycles. The van der Waals surface area contributed by atoms with Gasteiger partial charge in [0.2, 0.25) is 5.91 Å². The van der Waals surface area contributed by atoms with Gasteiger partial charge >= 0.3 is 0 Å². The van der Waals surface area contributed by atoms with Crippen molar-refractivity contribution in [3.8, 4) is 23.0 Å². The molecule has 4 heteroatoms. The summed E-state index contributed by atoms with van der Waals surface area (Å²) in [5.41, 5.74) is 10.6. The van der Waals surface area contributed by atoms with Crippen LogP contribution in [0.1, 0.15) is 39.9 Å². The number of hydrogen-bond donors (Lipinski definition) is 0. The maximum atomic E-state index is 13.2. The number of rotatable bonds is 6. The lowest BCUT2D eigenvalue weighted by Gasteiger charge is -2.29. The largest absolute Gasteiger partial charge is 0.338 e. The lowest BCUT2D eigenvalue weighted by atomic mass is 9.99. The summed E-state index contributed by atoms with van der Waals surface area (Å²) in [7, 11) is 0. The van der Waals surface area contributed by atoms with E-state index < -0.39 is 0 Å². The molecule has 0 aliphatic carbocycles. The second-order valence-corrected chi connectivity index (χ2v) is 9.70. The summed E-state index contributed by atoms with van der Waals surface area (Å²) in [5, 5.41) is 9.06. The summed E-state index contributed by atoms with van der Waals surface area (Å²) in [4.78, 5) is 15.2. The molecule has 0 unspecified atom stereocenters. The third kappa shape index (κ3) is 4.83. The molecule has 1 aromatic heterocycles. The molecular weight excluding hydrogens is 442 g/mol. The quantitative estimate of drug-likeness (QED) is 0.328. The number of aromatic nitrogens is 1. The standard InChI is InChI=1S/C32H31N3O/c1-23-7-14-30(24(2)21-23)31-15-12-29(35(31)28-10-8-25(9-11-28)17-19-33)13-16-32(36)34-20-18-26-5-3-4-6-27(26)22-34/h3-12,14-15,21H,13,16-18,20,22H2,1-2H3. The molecular formula is C32H31N3O. The Morgan fingerprint density at radius 1 is 0.944 bits per heavy atom. The fourth-order valence-corrected chi connectivity index (χ4v) is 5.25. The molecule has 4 aromatic rings. The molecule has 0 saturated carbocycles. The Kier molecular flexibility index (Phi) is 6.73. The van der Waals surface area contributed by atoms with Crippen molar-refractivity contribution in [3.05, 3.63) is 112 Å². The molecule has 36 heavy (non-hydrogen) atoms. The maximum Gasteiger partial charge on any atom is 0.223 e. The van der Waals surface area contributed by atoms with Gasteiger partial charge in [0, 0.05) is 36.5 Å². The maximum absolute atomic E-state index is 13.2. The molecule has 0 N–H and O–H groups in total. The molecule has 1 amide bonds. The Morgan fingerprint density at radius 3 is 2.47 bits per heavy atom. The first kappa shape index (κ1) is 23.6. The van der Waals surface area contributed by atoms with E-state index in [2.05, 4.69) is 91.2 Å². The van der Waals surface area contributed by atoms with Gasteiger partial charge in [0.25, 0.3) is 0 Å². The van der Waals surface area contributed by atoms with Gasteiger partial charge < -0.3 is 9.47 Å². The van der Waals surface area contributed by atoms with Crippen LogP contribution in [-0.4, -0.2) is 21.9 Å². The molecule has 0 fully saturated rings. The topological polar surface area (TPSA) is 49.0 Å². The van der Waals surface area contributed by atoms with Gasteiger partial charge in [-0.25, -0.2) is 0 Å². The van der Waals surface area contributed by atoms with Crippen LogP contribution in [0.25, 0.3) is 16.9 Å². The third-order valence-corrected chi connectivity index (χ3v) is 7.18. The molecule has 1 aliphatic heterocycles. The van der Waals surface area contributed by atoms with E-state index in [-0.39, 0.29) is 5.91 Å². The summed E-state index contributed by atoms with van der Waals surface area (Å²) >= 11 is 0. The molecule has 180 valence electrons. The SMILES string of the molecule is Cc1ccc(-c2ccc(CCC(=O)N3CCc4ccccc4C3)n2-c2ccc(CC#N)cc2)c(C)c1. The number of amides is 1. The van der Waals surface area contributed by atoms with E-state index in [1.54, 1.807) is 0 Å². The van der Waals surface area contributed by atoms with E-state index in [0.717, 1.165) is 35.6 Å². The van der Waals surface area contributed by atoms with E-state index in [9.17, 15) is 4.79 Å². The van der Waals surface area contributed by atoms with Gasteiger partial charge in [-0.1, -0.05) is 60.2 Å². The summed E-state index contributed by atoms with van der Waals surface area (Å²) in [6, 6.07) is 29.7. The molecule has 0 radical (unpaired) electrons. The Morgan fingerprint density at radius 2 is 1.72 bits per heavy atom. The van der Waals surface area contributed by atoms with E-state index >= 15 is 0 Å². The fraction of sp³-hybridized carbons (Fsp3) is 0.250. The second-order valence-electron chi connectivity index (χ2n) is 9.70. The van der Waals surface area contributed by atoms with Crippen molar-refractivity contribution >= 4 is 5.91 Å². The molecule has 0 saturated heterocycles. The van der Waals surface area contributed by atoms with Crippen LogP contribution in [0.5, 0.6) is 0 Å². The summed E-state index contributed by atoms with van der Waals surface area (Å²) in [5.74, 6) is 0.203. The fourth-order valence-electron chi connectivity index (χ4n) is 5.25. The number of benzene rings is 3. The lowest BCUT2D eigenvalue weighted by Crippen LogP contribution is -2.36. The Bertz CT molecular complexity index is 1440. The zero-order valence-electron chi connectivity index (χ0n) is 21.0. The van der Waals surface area contributed by atoms with Gasteiger partial charge in [-0.05, 0) is 73.2 Å². The van der Waals surface area contributed by atoms with Crippen LogP contribution in [-0.2, 0) is 30.6 Å². The van der Waals surface area contributed by atoms with Crippen molar-refractivity contribution in [3.63, 3.8) is 0 Å². The molecule has 0 bridgehead atoms. The van der Waals surface area contributed by atoms with Gasteiger partial charge in [-0.2, -0.15) is 5.26 Å². The van der Waals surface area contributed by atoms with Gasteiger partial charge in [0.05, 0.1) is 18.2 Å². The zero-order chi connectivity index (χ0) is 25.1. The highest BCUT2D eigenvalue weighted by Gasteiger charge is 2.21. The first-order valence-electron chi connectivity index (χ1n) is 12.6. The molecule has 4 nitrogen and oxygen atoms in total. The van der Waals surface area contributed by atoms with Crippen molar-refractivity contribution in [2.24, 2.45) is 0 Å². The average molecular weight is 474 g/mol. The highest BCUT2D eigenvalue weighted by Crippen LogP contribution is 2.31. The third-order valence-electron chi connectivity index (χ3n) is 7.18. The number of hydrogen-bond acceptors (Lipinski definition) is 2. The van der Waals surface area contributed by atoms with Crippen molar-refractivity contribution in [2.75, 3.05) is 6.54 Å². The van der Waals surface area contributed by atoms with Crippen LogP contribution in [0.4, 0.5) is 0 Å². The monoisotopic (exact) mass is 473 g/mol. The molecule has 3 aromatic carbocycles. The Labute approximate surface area is 213 Å². The number of nitrogens with zero attached hydrogens (tertiary/aromatic N) is 3. The van der Waals surface area contributed by atoms with E-state index in [4.69, 9.17) is 5.26 Å². The molecule has 1 aliphatic rings. The van der Waals surface area contributed by atoms with E-state index in [1.165, 1.54) is 27.8 Å². The van der Waals surface area contributed by atoms with Crippen LogP contribution in [0.15, 0.2) is 78.9 Å². The summed E-state index contributed by atoms with van der Waals surface area (Å²) in [6.07, 6.45) is 2.47. The van der Waals surface area contributed by atoms with Crippen molar-refractivity contribution in [1.82, 2.24) is 9.47 Å². The van der Waals surface area contributed by atoms with Gasteiger partial charge in [-0.3, -0.25) is 4.79 Å². The predicted molar refractivity (Wildman–Crippen MR) is 144 cm³/mol. The van der Waals surface area contributed by atoms with Crippen LogP contribution < -0.4 is 0 Å².